The molecule has 5 nitrogen and oxygen atoms in total. The Labute approximate surface area is 159 Å². The third kappa shape index (κ3) is 4.45. The Morgan fingerprint density at radius 3 is 2.64 bits per heavy atom. The van der Waals surface area contributed by atoms with Crippen LogP contribution in [0.5, 0.6) is 0 Å². The molecule has 1 atom stereocenters. The molecule has 1 N–H and O–H groups in total. The van der Waals surface area contributed by atoms with Crippen molar-refractivity contribution in [1.82, 2.24) is 20.0 Å². The van der Waals surface area contributed by atoms with E-state index in [0.717, 1.165) is 42.1 Å². The first-order valence-corrected chi connectivity index (χ1v) is 10.5. The number of nitrogens with one attached hydrogen (secondary N) is 1. The van der Waals surface area contributed by atoms with Gasteiger partial charge in [-0.15, -0.1) is 0 Å². The summed E-state index contributed by atoms with van der Waals surface area (Å²) in [4.78, 5) is 17.5. The van der Waals surface area contributed by atoms with Gasteiger partial charge in [-0.05, 0) is 72.5 Å². The van der Waals surface area contributed by atoms with Crippen molar-refractivity contribution in [3.8, 4) is 0 Å². The molecule has 0 saturated carbocycles. The fourth-order valence-electron chi connectivity index (χ4n) is 4.02. The molecule has 2 aliphatic rings. The van der Waals surface area contributed by atoms with E-state index in [9.17, 15) is 4.79 Å². The topological polar surface area (TPSA) is 52.2 Å². The molecular formula is C19H31BrN4O. The maximum atomic E-state index is 12.9. The number of amides is 1. The Bertz CT molecular complexity index is 592. The van der Waals surface area contributed by atoms with E-state index in [4.69, 9.17) is 0 Å². The number of halogens is 1. The van der Waals surface area contributed by atoms with Gasteiger partial charge >= 0.3 is 0 Å². The molecule has 2 aliphatic heterocycles. The van der Waals surface area contributed by atoms with Crippen molar-refractivity contribution in [3.63, 3.8) is 0 Å². The first-order valence-electron chi connectivity index (χ1n) is 9.71. The lowest BCUT2D eigenvalue weighted by molar-refractivity contribution is 0.0615. The molecule has 0 radical (unpaired) electrons. The number of carbonyl (C=O) groups is 1. The largest absolute Gasteiger partial charge is 0.337 e. The van der Waals surface area contributed by atoms with Gasteiger partial charge in [0.25, 0.3) is 5.91 Å². The van der Waals surface area contributed by atoms with Gasteiger partial charge in [0.2, 0.25) is 0 Å². The van der Waals surface area contributed by atoms with E-state index < -0.39 is 0 Å². The monoisotopic (exact) mass is 410 g/mol. The lowest BCUT2D eigenvalue weighted by Gasteiger charge is -2.37. The van der Waals surface area contributed by atoms with Crippen molar-refractivity contribution in [2.24, 2.45) is 11.8 Å². The number of carbonyl (C=O) groups excluding carboxylic acids is 1. The quantitative estimate of drug-likeness (QED) is 0.818. The number of H-pyrrole nitrogens is 1. The fourth-order valence-corrected chi connectivity index (χ4v) is 4.83. The highest BCUT2D eigenvalue weighted by atomic mass is 79.9. The van der Waals surface area contributed by atoms with Crippen molar-refractivity contribution in [2.45, 2.75) is 52.4 Å². The van der Waals surface area contributed by atoms with Crippen LogP contribution in [0.2, 0.25) is 0 Å². The molecule has 1 aromatic rings. The second-order valence-corrected chi connectivity index (χ2v) is 8.99. The maximum Gasteiger partial charge on any atom is 0.275 e. The molecule has 0 aliphatic carbocycles. The predicted octanol–water partition coefficient (Wildman–Crippen LogP) is 3.88. The maximum absolute atomic E-state index is 12.9. The van der Waals surface area contributed by atoms with Gasteiger partial charge in [0.05, 0.1) is 10.2 Å². The van der Waals surface area contributed by atoms with Gasteiger partial charge in [-0.1, -0.05) is 20.8 Å². The van der Waals surface area contributed by atoms with Crippen LogP contribution >= 0.6 is 15.9 Å². The van der Waals surface area contributed by atoms with E-state index in [0.29, 0.717) is 17.5 Å². The molecule has 0 spiro atoms. The van der Waals surface area contributed by atoms with Crippen LogP contribution in [0.1, 0.15) is 68.6 Å². The third-order valence-corrected chi connectivity index (χ3v) is 6.51. The van der Waals surface area contributed by atoms with Crippen LogP contribution in [0.15, 0.2) is 4.47 Å². The highest BCUT2D eigenvalue weighted by Gasteiger charge is 2.29. The molecule has 2 fully saturated rings. The van der Waals surface area contributed by atoms with Crippen LogP contribution in [-0.4, -0.2) is 58.6 Å². The first kappa shape index (κ1) is 18.9. The van der Waals surface area contributed by atoms with Crippen molar-refractivity contribution in [1.29, 1.82) is 0 Å². The summed E-state index contributed by atoms with van der Waals surface area (Å²) >= 11 is 3.57. The molecular weight excluding hydrogens is 380 g/mol. The first-order chi connectivity index (χ1) is 12.0. The van der Waals surface area contributed by atoms with E-state index in [1.807, 2.05) is 4.90 Å². The average molecular weight is 411 g/mol. The van der Waals surface area contributed by atoms with Crippen LogP contribution in [0.4, 0.5) is 0 Å². The Hall–Kier alpha value is -0.880. The fraction of sp³-hybridized carbons (Fsp3) is 0.789. The van der Waals surface area contributed by atoms with Gasteiger partial charge in [0.15, 0.2) is 5.69 Å². The molecule has 0 bridgehead atoms. The second kappa shape index (κ2) is 8.21. The number of likely N-dealkylation sites (tertiary alicyclic amines) is 2. The van der Waals surface area contributed by atoms with E-state index in [1.54, 1.807) is 0 Å². The number of nitrogens with zero attached hydrogens (tertiary/aromatic N) is 3. The summed E-state index contributed by atoms with van der Waals surface area (Å²) in [5.41, 5.74) is 1.54. The number of piperidine rings is 2. The summed E-state index contributed by atoms with van der Waals surface area (Å²) in [7, 11) is 0. The van der Waals surface area contributed by atoms with Crippen LogP contribution in [0, 0.1) is 11.8 Å². The van der Waals surface area contributed by atoms with Gasteiger partial charge in [-0.3, -0.25) is 9.89 Å². The number of aromatic nitrogens is 2. The zero-order chi connectivity index (χ0) is 18.0. The number of rotatable bonds is 4. The minimum Gasteiger partial charge on any atom is -0.337 e. The molecule has 1 unspecified atom stereocenters. The van der Waals surface area contributed by atoms with E-state index in [-0.39, 0.29) is 5.91 Å². The van der Waals surface area contributed by atoms with Crippen molar-refractivity contribution < 1.29 is 4.79 Å². The highest BCUT2D eigenvalue weighted by molar-refractivity contribution is 9.10. The zero-order valence-corrected chi connectivity index (χ0v) is 17.3. The summed E-state index contributed by atoms with van der Waals surface area (Å²) in [5, 5.41) is 7.31. The Balaban J connectivity index is 1.60. The number of aromatic amines is 1. The molecule has 6 heteroatoms. The SMILES string of the molecule is CC1CCN(CC2CCCN(C(=O)c3n[nH]c(C(C)C)c3Br)C2)CC1. The van der Waals surface area contributed by atoms with Crippen LogP contribution in [-0.2, 0) is 0 Å². The molecule has 1 aromatic heterocycles. The third-order valence-electron chi connectivity index (χ3n) is 5.71. The van der Waals surface area contributed by atoms with E-state index in [1.165, 1.54) is 32.4 Å². The molecule has 2 saturated heterocycles. The van der Waals surface area contributed by atoms with E-state index >= 15 is 0 Å². The average Bonchev–Trinajstić information content (AvgIpc) is 2.98. The molecule has 1 amide bonds. The smallest absolute Gasteiger partial charge is 0.275 e. The zero-order valence-electron chi connectivity index (χ0n) is 15.7. The van der Waals surface area contributed by atoms with Crippen LogP contribution in [0.3, 0.4) is 0 Å². The van der Waals surface area contributed by atoms with Crippen LogP contribution in [0.25, 0.3) is 0 Å². The minimum absolute atomic E-state index is 0.0620. The Morgan fingerprint density at radius 1 is 1.28 bits per heavy atom. The summed E-state index contributed by atoms with van der Waals surface area (Å²) in [6, 6.07) is 0. The van der Waals surface area contributed by atoms with Gasteiger partial charge in [0, 0.05) is 19.6 Å². The summed E-state index contributed by atoms with van der Waals surface area (Å²) in [6.07, 6.45) is 4.95. The van der Waals surface area contributed by atoms with Gasteiger partial charge in [-0.2, -0.15) is 5.10 Å². The van der Waals surface area contributed by atoms with Gasteiger partial charge < -0.3 is 9.80 Å². The number of hydrogen-bond donors (Lipinski definition) is 1. The molecule has 25 heavy (non-hydrogen) atoms. The van der Waals surface area contributed by atoms with Gasteiger partial charge in [0.1, 0.15) is 0 Å². The summed E-state index contributed by atoms with van der Waals surface area (Å²) < 4.78 is 0.833. The molecule has 0 aromatic carbocycles. The standard InChI is InChI=1S/C19H31BrN4O/c1-13(2)17-16(20)18(22-21-17)19(25)24-8-4-5-15(12-24)11-23-9-6-14(3)7-10-23/h13-15H,4-12H2,1-3H3,(H,21,22). The lowest BCUT2D eigenvalue weighted by atomic mass is 9.94. The number of hydrogen-bond acceptors (Lipinski definition) is 3. The van der Waals surface area contributed by atoms with E-state index in [2.05, 4.69) is 51.8 Å². The van der Waals surface area contributed by atoms with Crippen molar-refractivity contribution in [3.05, 3.63) is 15.9 Å². The van der Waals surface area contributed by atoms with Crippen molar-refractivity contribution >= 4 is 21.8 Å². The summed E-state index contributed by atoms with van der Waals surface area (Å²) in [6.45, 7) is 11.8. The second-order valence-electron chi connectivity index (χ2n) is 8.20. The Kier molecular flexibility index (Phi) is 6.21. The minimum atomic E-state index is 0.0620. The van der Waals surface area contributed by atoms with Crippen LogP contribution < -0.4 is 0 Å². The Morgan fingerprint density at radius 2 is 2.00 bits per heavy atom. The van der Waals surface area contributed by atoms with Crippen molar-refractivity contribution in [2.75, 3.05) is 32.7 Å². The summed E-state index contributed by atoms with van der Waals surface area (Å²) in [5.74, 6) is 1.84. The van der Waals surface area contributed by atoms with Gasteiger partial charge in [-0.25, -0.2) is 0 Å². The molecule has 140 valence electrons. The predicted molar refractivity (Wildman–Crippen MR) is 104 cm³/mol. The normalized spacial score (nSPS) is 23.4. The highest BCUT2D eigenvalue weighted by Crippen LogP contribution is 2.28. The molecule has 3 heterocycles. The lowest BCUT2D eigenvalue weighted by Crippen LogP contribution is -2.45. The molecule has 3 rings (SSSR count).